The number of nitrogens with zero attached hydrogens (tertiary/aromatic N) is 1. The predicted octanol–water partition coefficient (Wildman–Crippen LogP) is -2.01. The van der Waals surface area contributed by atoms with E-state index in [2.05, 4.69) is 5.32 Å². The zero-order valence-corrected chi connectivity index (χ0v) is 9.12. The molecule has 2 rings (SSSR count). The third kappa shape index (κ3) is 1.68. The lowest BCUT2D eigenvalue weighted by Gasteiger charge is -2.30. The van der Waals surface area contributed by atoms with Gasteiger partial charge in [0, 0.05) is 6.42 Å². The fourth-order valence-electron chi connectivity index (χ4n) is 1.85. The van der Waals surface area contributed by atoms with Crippen molar-refractivity contribution in [2.45, 2.75) is 24.6 Å². The number of nitrogens with one attached hydrogen (secondary N) is 1. The zero-order chi connectivity index (χ0) is 13.3. The minimum absolute atomic E-state index is 0.120. The number of ether oxygens (including phenoxy) is 1. The summed E-state index contributed by atoms with van der Waals surface area (Å²) in [5, 5.41) is 11.8. The topological polar surface area (TPSA) is 122 Å². The van der Waals surface area contributed by atoms with Crippen molar-refractivity contribution >= 4 is 24.3 Å². The summed E-state index contributed by atoms with van der Waals surface area (Å²) in [5.74, 6) is -2.98. The number of hydroxylamine groups is 2. The number of hydrogen-bond acceptors (Lipinski definition) is 6. The van der Waals surface area contributed by atoms with Crippen LogP contribution in [-0.4, -0.2) is 52.8 Å². The molecular weight excluding hydrogens is 248 g/mol. The quantitative estimate of drug-likeness (QED) is 0.441. The summed E-state index contributed by atoms with van der Waals surface area (Å²) >= 11 is 0. The Morgan fingerprint density at radius 2 is 2.28 bits per heavy atom. The van der Waals surface area contributed by atoms with E-state index in [1.54, 1.807) is 0 Å². The Kier molecular flexibility index (Phi) is 2.91. The second-order valence-corrected chi connectivity index (χ2v) is 3.83. The minimum atomic E-state index is -2.13. The molecule has 2 aliphatic heterocycles. The lowest BCUT2D eigenvalue weighted by atomic mass is 10.1. The summed E-state index contributed by atoms with van der Waals surface area (Å²) in [6, 6.07) is -0.974. The fourth-order valence-corrected chi connectivity index (χ4v) is 1.85. The molecule has 0 aliphatic carbocycles. The Labute approximate surface area is 101 Å². The number of amides is 2. The van der Waals surface area contributed by atoms with Crippen LogP contribution in [0.3, 0.4) is 0 Å². The maximum absolute atomic E-state index is 11.8. The zero-order valence-electron chi connectivity index (χ0n) is 9.12. The number of aliphatic carboxylic acids is 1. The summed E-state index contributed by atoms with van der Waals surface area (Å²) in [7, 11) is 0. The SMILES string of the molecule is O=CNC1CON(C2(C(=O)O)CCC(=O)O2)C1=O. The van der Waals surface area contributed by atoms with Gasteiger partial charge in [0.25, 0.3) is 5.91 Å². The number of carbonyl (C=O) groups is 4. The van der Waals surface area contributed by atoms with Gasteiger partial charge in [-0.25, -0.2) is 4.79 Å². The van der Waals surface area contributed by atoms with Crippen LogP contribution in [0.2, 0.25) is 0 Å². The van der Waals surface area contributed by atoms with Crippen molar-refractivity contribution in [3.8, 4) is 0 Å². The summed E-state index contributed by atoms with van der Waals surface area (Å²) in [6.07, 6.45) is -0.00451. The lowest BCUT2D eigenvalue weighted by molar-refractivity contribution is -0.256. The van der Waals surface area contributed by atoms with Crippen LogP contribution >= 0.6 is 0 Å². The van der Waals surface area contributed by atoms with Gasteiger partial charge in [0.1, 0.15) is 12.6 Å². The van der Waals surface area contributed by atoms with E-state index < -0.39 is 29.6 Å². The molecule has 2 aliphatic rings. The van der Waals surface area contributed by atoms with Crippen molar-refractivity contribution < 1.29 is 33.9 Å². The summed E-state index contributed by atoms with van der Waals surface area (Å²) in [6.45, 7) is -0.204. The van der Waals surface area contributed by atoms with Crippen LogP contribution in [0.4, 0.5) is 0 Å². The molecule has 2 amide bonds. The van der Waals surface area contributed by atoms with Crippen molar-refractivity contribution in [1.82, 2.24) is 10.4 Å². The monoisotopic (exact) mass is 258 g/mol. The second-order valence-electron chi connectivity index (χ2n) is 3.83. The summed E-state index contributed by atoms with van der Waals surface area (Å²) < 4.78 is 4.72. The summed E-state index contributed by atoms with van der Waals surface area (Å²) in [4.78, 5) is 49.3. The van der Waals surface area contributed by atoms with Crippen molar-refractivity contribution in [2.75, 3.05) is 6.61 Å². The predicted molar refractivity (Wildman–Crippen MR) is 51.5 cm³/mol. The number of carbonyl (C=O) groups excluding carboxylic acids is 3. The Hall–Kier alpha value is -2.16. The smallest absolute Gasteiger partial charge is 0.372 e. The van der Waals surface area contributed by atoms with Crippen LogP contribution in [0.15, 0.2) is 0 Å². The van der Waals surface area contributed by atoms with E-state index in [-0.39, 0.29) is 19.4 Å². The molecule has 0 bridgehead atoms. The Morgan fingerprint density at radius 1 is 1.56 bits per heavy atom. The fraction of sp³-hybridized carbons (Fsp3) is 0.556. The number of carboxylic acid groups (broad SMARTS) is 1. The highest BCUT2D eigenvalue weighted by atomic mass is 16.7. The molecule has 2 saturated heterocycles. The normalized spacial score (nSPS) is 31.3. The molecule has 0 saturated carbocycles. The van der Waals surface area contributed by atoms with Crippen LogP contribution in [0, 0.1) is 0 Å². The molecule has 0 aromatic rings. The molecule has 9 heteroatoms. The Balaban J connectivity index is 2.24. The number of carboxylic acids is 1. The molecule has 2 heterocycles. The first-order chi connectivity index (χ1) is 8.51. The van der Waals surface area contributed by atoms with Crippen LogP contribution in [0.1, 0.15) is 12.8 Å². The molecule has 18 heavy (non-hydrogen) atoms. The third-order valence-electron chi connectivity index (χ3n) is 2.75. The van der Waals surface area contributed by atoms with E-state index in [1.165, 1.54) is 0 Å². The molecule has 2 fully saturated rings. The van der Waals surface area contributed by atoms with Crippen LogP contribution < -0.4 is 5.32 Å². The molecule has 2 unspecified atom stereocenters. The van der Waals surface area contributed by atoms with Gasteiger partial charge < -0.3 is 15.2 Å². The van der Waals surface area contributed by atoms with Gasteiger partial charge in [-0.3, -0.25) is 19.2 Å². The maximum atomic E-state index is 11.8. The molecule has 0 aromatic heterocycles. The van der Waals surface area contributed by atoms with Crippen molar-refractivity contribution in [3.63, 3.8) is 0 Å². The molecule has 98 valence electrons. The summed E-state index contributed by atoms with van der Waals surface area (Å²) in [5.41, 5.74) is -2.13. The van der Waals surface area contributed by atoms with Crippen molar-refractivity contribution in [2.24, 2.45) is 0 Å². The molecule has 2 N–H and O–H groups in total. The number of hydrogen-bond donors (Lipinski definition) is 2. The van der Waals surface area contributed by atoms with Crippen LogP contribution in [0.5, 0.6) is 0 Å². The average molecular weight is 258 g/mol. The first-order valence-electron chi connectivity index (χ1n) is 5.13. The van der Waals surface area contributed by atoms with Crippen molar-refractivity contribution in [3.05, 3.63) is 0 Å². The van der Waals surface area contributed by atoms with E-state index in [0.29, 0.717) is 11.5 Å². The number of esters is 1. The minimum Gasteiger partial charge on any atom is -0.477 e. The van der Waals surface area contributed by atoms with E-state index in [4.69, 9.17) is 14.7 Å². The van der Waals surface area contributed by atoms with Gasteiger partial charge >= 0.3 is 17.7 Å². The van der Waals surface area contributed by atoms with E-state index in [0.717, 1.165) is 0 Å². The average Bonchev–Trinajstić information content (AvgIpc) is 2.86. The number of rotatable bonds is 4. The highest BCUT2D eigenvalue weighted by molar-refractivity contribution is 5.92. The molecular formula is C9H10N2O7. The largest absolute Gasteiger partial charge is 0.477 e. The first-order valence-corrected chi connectivity index (χ1v) is 5.13. The third-order valence-corrected chi connectivity index (χ3v) is 2.75. The van der Waals surface area contributed by atoms with Gasteiger partial charge in [0.15, 0.2) is 0 Å². The Morgan fingerprint density at radius 3 is 2.78 bits per heavy atom. The molecule has 0 aromatic carbocycles. The van der Waals surface area contributed by atoms with Crippen LogP contribution in [0.25, 0.3) is 0 Å². The van der Waals surface area contributed by atoms with Gasteiger partial charge in [-0.2, -0.15) is 5.06 Å². The van der Waals surface area contributed by atoms with E-state index in [9.17, 15) is 19.2 Å². The highest BCUT2D eigenvalue weighted by Gasteiger charge is 2.58. The lowest BCUT2D eigenvalue weighted by Crippen LogP contribution is -2.56. The second kappa shape index (κ2) is 4.26. The van der Waals surface area contributed by atoms with Crippen molar-refractivity contribution in [1.29, 1.82) is 0 Å². The molecule has 2 atom stereocenters. The van der Waals surface area contributed by atoms with Gasteiger partial charge in [0.2, 0.25) is 6.41 Å². The molecule has 0 spiro atoms. The van der Waals surface area contributed by atoms with E-state index in [1.807, 2.05) is 0 Å². The van der Waals surface area contributed by atoms with Gasteiger partial charge in [-0.15, -0.1) is 0 Å². The standard InChI is InChI=1S/C9H10N2O7/c12-4-10-5-3-17-11(7(5)14)9(8(15)16)2-1-6(13)18-9/h4-5H,1-3H2,(H,10,12)(H,15,16). The van der Waals surface area contributed by atoms with Gasteiger partial charge in [0.05, 0.1) is 6.42 Å². The van der Waals surface area contributed by atoms with Crippen LogP contribution in [-0.2, 0) is 28.8 Å². The molecule has 9 nitrogen and oxygen atoms in total. The maximum Gasteiger partial charge on any atom is 0.372 e. The highest BCUT2D eigenvalue weighted by Crippen LogP contribution is 2.33. The van der Waals surface area contributed by atoms with E-state index >= 15 is 0 Å². The van der Waals surface area contributed by atoms with Gasteiger partial charge in [-0.05, 0) is 0 Å². The molecule has 0 radical (unpaired) electrons. The Bertz CT molecular complexity index is 423. The first kappa shape index (κ1) is 12.3. The van der Waals surface area contributed by atoms with Gasteiger partial charge in [-0.1, -0.05) is 0 Å². The number of cyclic esters (lactones) is 1.